The third-order valence-corrected chi connectivity index (χ3v) is 14.8. The van der Waals surface area contributed by atoms with Gasteiger partial charge in [0.2, 0.25) is 0 Å². The van der Waals surface area contributed by atoms with Crippen LogP contribution in [0.3, 0.4) is 0 Å². The molecule has 0 aliphatic heterocycles. The maximum Gasteiger partial charge on any atom is 0.0725 e. The van der Waals surface area contributed by atoms with Crippen LogP contribution in [0.4, 0.5) is 11.4 Å². The van der Waals surface area contributed by atoms with Crippen molar-refractivity contribution in [1.29, 1.82) is 0 Å². The van der Waals surface area contributed by atoms with Crippen LogP contribution >= 0.6 is 0 Å². The predicted octanol–water partition coefficient (Wildman–Crippen LogP) is 15.7. The second-order valence-corrected chi connectivity index (χ2v) is 18.3. The molecule has 1 heteroatoms. The average Bonchev–Trinajstić information content (AvgIpc) is 3.90. The van der Waals surface area contributed by atoms with Crippen LogP contribution in [0.1, 0.15) is 59.2 Å². The van der Waals surface area contributed by atoms with Gasteiger partial charge in [-0.15, -0.1) is 0 Å². The molecule has 13 rings (SSSR count). The van der Waals surface area contributed by atoms with Crippen molar-refractivity contribution in [2.24, 2.45) is 0 Å². The van der Waals surface area contributed by atoms with Crippen LogP contribution in [-0.4, -0.2) is 6.04 Å². The number of anilines is 2. The Balaban J connectivity index is 1.02. The molecular weight excluding hydrogens is 759 g/mol. The van der Waals surface area contributed by atoms with E-state index >= 15 is 0 Å². The summed E-state index contributed by atoms with van der Waals surface area (Å²) in [6.45, 7) is 4.75. The van der Waals surface area contributed by atoms with Crippen molar-refractivity contribution >= 4 is 27.7 Å². The topological polar surface area (TPSA) is 3.24 Å². The first-order chi connectivity index (χ1) is 31.0. The Hall–Kier alpha value is -7.48. The minimum atomic E-state index is -0.406. The highest BCUT2D eigenvalue weighted by atomic mass is 15.2. The number of para-hydroxylation sites is 1. The molecule has 0 bridgehead atoms. The van der Waals surface area contributed by atoms with E-state index in [1.54, 1.807) is 0 Å². The van der Waals surface area contributed by atoms with Gasteiger partial charge in [0, 0.05) is 16.8 Å². The summed E-state index contributed by atoms with van der Waals surface area (Å²) in [7, 11) is 0. The molecule has 1 unspecified atom stereocenters. The highest BCUT2D eigenvalue weighted by molar-refractivity contribution is 6.09. The molecule has 63 heavy (non-hydrogen) atoms. The highest BCUT2D eigenvalue weighted by Gasteiger charge is 2.52. The first-order valence-electron chi connectivity index (χ1n) is 22.5. The van der Waals surface area contributed by atoms with Gasteiger partial charge in [0.25, 0.3) is 0 Å². The molecule has 0 saturated heterocycles. The Morgan fingerprint density at radius 1 is 0.413 bits per heavy atom. The summed E-state index contributed by atoms with van der Waals surface area (Å²) in [5.74, 6) is 0. The molecule has 4 aliphatic carbocycles. The Kier molecular flexibility index (Phi) is 7.76. The van der Waals surface area contributed by atoms with Crippen molar-refractivity contribution in [2.45, 2.75) is 37.1 Å². The van der Waals surface area contributed by atoms with Crippen LogP contribution in [-0.2, 0) is 10.8 Å². The Labute approximate surface area is 370 Å². The van der Waals surface area contributed by atoms with E-state index in [4.69, 9.17) is 0 Å². The smallest absolute Gasteiger partial charge is 0.0725 e. The van der Waals surface area contributed by atoms with E-state index in [0.29, 0.717) is 0 Å². The molecular formula is C62H45N. The maximum absolute atomic E-state index is 2.57. The Bertz CT molecular complexity index is 3370. The summed E-state index contributed by atoms with van der Waals surface area (Å²) in [6.07, 6.45) is 8.21. The Morgan fingerprint density at radius 2 is 0.968 bits per heavy atom. The van der Waals surface area contributed by atoms with Gasteiger partial charge in [0.05, 0.1) is 11.5 Å². The van der Waals surface area contributed by atoms with Gasteiger partial charge >= 0.3 is 0 Å². The highest BCUT2D eigenvalue weighted by Crippen LogP contribution is 2.64. The first-order valence-corrected chi connectivity index (χ1v) is 22.5. The monoisotopic (exact) mass is 803 g/mol. The molecule has 1 spiro atoms. The second kappa shape index (κ2) is 13.5. The molecule has 0 aromatic heterocycles. The molecule has 0 heterocycles. The van der Waals surface area contributed by atoms with E-state index in [9.17, 15) is 0 Å². The molecule has 9 aromatic rings. The zero-order valence-corrected chi connectivity index (χ0v) is 35.5. The van der Waals surface area contributed by atoms with Crippen molar-refractivity contribution in [3.8, 4) is 44.5 Å². The molecule has 9 aromatic carbocycles. The van der Waals surface area contributed by atoms with Crippen molar-refractivity contribution in [1.82, 2.24) is 0 Å². The number of fused-ring (bicyclic) bond motifs is 14. The standard InChI is InChI=1S/C62H45N/c1-61(2)53-29-12-8-24-47(53)50-37-35-44(39-58(50)61)63(42-20-4-3-5-21-42)43-22-16-19-41(38-43)46-36-34-40-18-6-7-23-45(40)59(46)52-28-17-33-57-60(52)51-27-11-15-32-56(51)62(57)54-30-13-9-25-48(54)49-26-10-14-31-55(49)62/h3-21,23-39,43H,22H2,1-2H3. The molecule has 0 amide bonds. The lowest BCUT2D eigenvalue weighted by Crippen LogP contribution is -2.30. The normalized spacial score (nSPS) is 16.5. The number of hydrogen-bond donors (Lipinski definition) is 0. The maximum atomic E-state index is 2.57. The van der Waals surface area contributed by atoms with E-state index in [0.717, 1.165) is 6.42 Å². The van der Waals surface area contributed by atoms with Crippen LogP contribution < -0.4 is 4.90 Å². The minimum Gasteiger partial charge on any atom is -0.334 e. The number of benzene rings is 9. The first kappa shape index (κ1) is 36.2. The van der Waals surface area contributed by atoms with Gasteiger partial charge < -0.3 is 4.90 Å². The van der Waals surface area contributed by atoms with Crippen molar-refractivity contribution in [3.63, 3.8) is 0 Å². The second-order valence-electron chi connectivity index (χ2n) is 18.3. The summed E-state index contributed by atoms with van der Waals surface area (Å²) in [5.41, 5.74) is 23.2. The van der Waals surface area contributed by atoms with Crippen molar-refractivity contribution in [3.05, 3.63) is 257 Å². The lowest BCUT2D eigenvalue weighted by molar-refractivity contribution is 0.659. The molecule has 1 nitrogen and oxygen atoms in total. The van der Waals surface area contributed by atoms with Crippen LogP contribution in [0, 0.1) is 0 Å². The molecule has 0 fully saturated rings. The largest absolute Gasteiger partial charge is 0.334 e. The van der Waals surface area contributed by atoms with Crippen LogP contribution in [0.25, 0.3) is 60.9 Å². The molecule has 4 aliphatic rings. The SMILES string of the molecule is CC1(C)c2ccccc2-c2ccc(N(c3ccccc3)C3C=C(c4ccc5ccccc5c4-c4cccc5c4-c4ccccc4C54c5ccccc5-c5ccccc54)C=CC3)cc21. The molecule has 0 radical (unpaired) electrons. The molecule has 298 valence electrons. The summed E-state index contributed by atoms with van der Waals surface area (Å²) >= 11 is 0. The van der Waals surface area contributed by atoms with E-state index in [2.05, 4.69) is 237 Å². The van der Waals surface area contributed by atoms with E-state index < -0.39 is 5.41 Å². The van der Waals surface area contributed by atoms with Gasteiger partial charge in [-0.2, -0.15) is 0 Å². The van der Waals surface area contributed by atoms with Gasteiger partial charge in [-0.05, 0) is 130 Å². The number of nitrogens with zero attached hydrogens (tertiary/aromatic N) is 1. The quantitative estimate of drug-likeness (QED) is 0.168. The van der Waals surface area contributed by atoms with E-state index in [1.807, 2.05) is 0 Å². The average molecular weight is 804 g/mol. The van der Waals surface area contributed by atoms with Gasteiger partial charge in [-0.25, -0.2) is 0 Å². The van der Waals surface area contributed by atoms with Crippen LogP contribution in [0.5, 0.6) is 0 Å². The fraction of sp³-hybridized carbons (Fsp3) is 0.0968. The van der Waals surface area contributed by atoms with Gasteiger partial charge in [-0.1, -0.05) is 208 Å². The van der Waals surface area contributed by atoms with Crippen LogP contribution in [0.15, 0.2) is 218 Å². The summed E-state index contributed by atoms with van der Waals surface area (Å²) in [6, 6.07) is 75.4. The van der Waals surface area contributed by atoms with E-state index in [-0.39, 0.29) is 11.5 Å². The predicted molar refractivity (Wildman–Crippen MR) is 264 cm³/mol. The van der Waals surface area contributed by atoms with Gasteiger partial charge in [0.15, 0.2) is 0 Å². The third-order valence-electron chi connectivity index (χ3n) is 14.8. The molecule has 0 saturated carbocycles. The summed E-state index contributed by atoms with van der Waals surface area (Å²) < 4.78 is 0. The Morgan fingerprint density at radius 3 is 1.71 bits per heavy atom. The molecule has 0 N–H and O–H groups in total. The molecule has 1 atom stereocenters. The fourth-order valence-electron chi connectivity index (χ4n) is 12.1. The lowest BCUT2D eigenvalue weighted by atomic mass is 9.70. The number of hydrogen-bond acceptors (Lipinski definition) is 1. The zero-order valence-electron chi connectivity index (χ0n) is 35.5. The summed E-state index contributed by atoms with van der Waals surface area (Å²) in [5, 5.41) is 2.52. The van der Waals surface area contributed by atoms with Crippen molar-refractivity contribution in [2.75, 3.05) is 4.90 Å². The fourth-order valence-corrected chi connectivity index (χ4v) is 12.1. The van der Waals surface area contributed by atoms with E-state index in [1.165, 1.54) is 111 Å². The lowest BCUT2D eigenvalue weighted by Gasteiger charge is -2.35. The number of rotatable bonds is 5. The number of allylic oxidation sites excluding steroid dienone is 2. The van der Waals surface area contributed by atoms with Crippen molar-refractivity contribution < 1.29 is 0 Å². The zero-order chi connectivity index (χ0) is 41.9. The van der Waals surface area contributed by atoms with Gasteiger partial charge in [0.1, 0.15) is 0 Å². The third kappa shape index (κ3) is 4.99. The summed E-state index contributed by atoms with van der Waals surface area (Å²) in [4.78, 5) is 2.57. The van der Waals surface area contributed by atoms with Gasteiger partial charge in [-0.3, -0.25) is 0 Å². The van der Waals surface area contributed by atoms with Crippen LogP contribution in [0.2, 0.25) is 0 Å². The minimum absolute atomic E-state index is 0.0897.